The highest BCUT2D eigenvalue weighted by Gasteiger charge is 2.50. The van der Waals surface area contributed by atoms with Crippen LogP contribution in [0.25, 0.3) is 0 Å². The SMILES string of the molecule is O=S1(=O)c2ccccc2C2(CN1CCCN1CCN(c3ncccn3)CC1)OCCO2. The zero-order valence-electron chi connectivity index (χ0n) is 17.4. The number of piperazine rings is 1. The van der Waals surface area contributed by atoms with Gasteiger partial charge in [0.1, 0.15) is 0 Å². The number of sulfonamides is 1. The number of hydrogen-bond acceptors (Lipinski definition) is 8. The molecule has 3 aliphatic rings. The quantitative estimate of drug-likeness (QED) is 0.671. The van der Waals surface area contributed by atoms with Gasteiger partial charge in [-0.05, 0) is 25.1 Å². The lowest BCUT2D eigenvalue weighted by Gasteiger charge is -2.39. The standard InChI is InChI=1S/C21H27N5O4S/c27-31(28)19-6-2-1-5-18(19)21(29-15-16-30-21)17-26(31)10-4-9-24-11-13-25(14-12-24)20-22-7-3-8-23-20/h1-3,5-8H,4,9-17H2. The van der Waals surface area contributed by atoms with Crippen LogP contribution in [0.1, 0.15) is 12.0 Å². The van der Waals surface area contributed by atoms with Crippen LogP contribution in [0.4, 0.5) is 5.95 Å². The molecule has 0 radical (unpaired) electrons. The normalized spacial score (nSPS) is 23.2. The van der Waals surface area contributed by atoms with Crippen molar-refractivity contribution in [1.82, 2.24) is 19.2 Å². The monoisotopic (exact) mass is 445 g/mol. The van der Waals surface area contributed by atoms with Crippen molar-refractivity contribution in [3.63, 3.8) is 0 Å². The van der Waals surface area contributed by atoms with Crippen molar-refractivity contribution in [1.29, 1.82) is 0 Å². The number of aromatic nitrogens is 2. The predicted octanol–water partition coefficient (Wildman–Crippen LogP) is 0.893. The highest BCUT2D eigenvalue weighted by molar-refractivity contribution is 7.89. The van der Waals surface area contributed by atoms with Gasteiger partial charge in [0.25, 0.3) is 0 Å². The molecule has 10 heteroatoms. The van der Waals surface area contributed by atoms with Crippen LogP contribution in [0.5, 0.6) is 0 Å². The summed E-state index contributed by atoms with van der Waals surface area (Å²) in [5, 5.41) is 0. The highest BCUT2D eigenvalue weighted by atomic mass is 32.2. The lowest BCUT2D eigenvalue weighted by atomic mass is 10.1. The summed E-state index contributed by atoms with van der Waals surface area (Å²) in [5.41, 5.74) is 0.614. The number of ether oxygens (including phenoxy) is 2. The fraction of sp³-hybridized carbons (Fsp3) is 0.524. The van der Waals surface area contributed by atoms with Crippen LogP contribution in [0.15, 0.2) is 47.6 Å². The zero-order chi connectivity index (χ0) is 21.3. The molecule has 2 saturated heterocycles. The highest BCUT2D eigenvalue weighted by Crippen LogP contribution is 2.41. The third kappa shape index (κ3) is 3.94. The first kappa shape index (κ1) is 20.8. The van der Waals surface area contributed by atoms with E-state index in [0.717, 1.165) is 45.1 Å². The lowest BCUT2D eigenvalue weighted by Crippen LogP contribution is -2.51. The van der Waals surface area contributed by atoms with Gasteiger partial charge in [-0.2, -0.15) is 4.31 Å². The number of rotatable bonds is 5. The Morgan fingerprint density at radius 2 is 1.65 bits per heavy atom. The molecule has 2 aromatic rings. The summed E-state index contributed by atoms with van der Waals surface area (Å²) in [6, 6.07) is 8.84. The Kier molecular flexibility index (Phi) is 5.65. The average molecular weight is 446 g/mol. The maximum Gasteiger partial charge on any atom is 0.243 e. The van der Waals surface area contributed by atoms with Crippen LogP contribution in [-0.4, -0.2) is 86.6 Å². The molecule has 0 saturated carbocycles. The molecule has 5 rings (SSSR count). The maximum absolute atomic E-state index is 13.2. The van der Waals surface area contributed by atoms with Gasteiger partial charge in [-0.3, -0.25) is 4.90 Å². The van der Waals surface area contributed by atoms with Gasteiger partial charge in [0.05, 0.1) is 24.7 Å². The van der Waals surface area contributed by atoms with Gasteiger partial charge < -0.3 is 14.4 Å². The van der Waals surface area contributed by atoms with Crippen molar-refractivity contribution in [3.8, 4) is 0 Å². The van der Waals surface area contributed by atoms with Gasteiger partial charge in [-0.25, -0.2) is 18.4 Å². The van der Waals surface area contributed by atoms with Gasteiger partial charge in [0.2, 0.25) is 21.8 Å². The molecule has 166 valence electrons. The average Bonchev–Trinajstić information content (AvgIpc) is 3.28. The topological polar surface area (TPSA) is 88.1 Å². The largest absolute Gasteiger partial charge is 0.342 e. The Bertz CT molecular complexity index is 1010. The lowest BCUT2D eigenvalue weighted by molar-refractivity contribution is -0.176. The van der Waals surface area contributed by atoms with Crippen LogP contribution < -0.4 is 4.90 Å². The summed E-state index contributed by atoms with van der Waals surface area (Å²) >= 11 is 0. The first-order valence-corrected chi connectivity index (χ1v) is 12.1. The van der Waals surface area contributed by atoms with Gasteiger partial charge >= 0.3 is 0 Å². The van der Waals surface area contributed by atoms with E-state index in [-0.39, 0.29) is 6.54 Å². The molecule has 1 spiro atoms. The Morgan fingerprint density at radius 3 is 2.39 bits per heavy atom. The van der Waals surface area contributed by atoms with Crippen molar-refractivity contribution in [2.75, 3.05) is 63.9 Å². The first-order chi connectivity index (χ1) is 15.1. The molecule has 0 bridgehead atoms. The Labute approximate surface area is 182 Å². The van der Waals surface area contributed by atoms with Crippen molar-refractivity contribution >= 4 is 16.0 Å². The summed E-state index contributed by atoms with van der Waals surface area (Å²) < 4.78 is 39.8. The fourth-order valence-corrected chi connectivity index (χ4v) is 6.28. The minimum Gasteiger partial charge on any atom is -0.342 e. The van der Waals surface area contributed by atoms with E-state index < -0.39 is 15.8 Å². The summed E-state index contributed by atoms with van der Waals surface area (Å²) in [6.45, 7) is 5.96. The number of fused-ring (bicyclic) bond motifs is 2. The van der Waals surface area contributed by atoms with Gasteiger partial charge in [0, 0.05) is 50.7 Å². The minimum absolute atomic E-state index is 0.200. The second-order valence-corrected chi connectivity index (χ2v) is 9.92. The molecule has 0 amide bonds. The van der Waals surface area contributed by atoms with Gasteiger partial charge in [-0.1, -0.05) is 18.2 Å². The Hall–Kier alpha value is -2.11. The van der Waals surface area contributed by atoms with E-state index in [9.17, 15) is 8.42 Å². The van der Waals surface area contributed by atoms with Crippen molar-refractivity contribution in [2.45, 2.75) is 17.1 Å². The molecule has 31 heavy (non-hydrogen) atoms. The van der Waals surface area contributed by atoms with Crippen LogP contribution in [0.2, 0.25) is 0 Å². The molecule has 2 fully saturated rings. The van der Waals surface area contributed by atoms with Crippen LogP contribution in [0.3, 0.4) is 0 Å². The maximum atomic E-state index is 13.2. The second-order valence-electron chi connectivity index (χ2n) is 8.02. The molecule has 9 nitrogen and oxygen atoms in total. The molecular formula is C21H27N5O4S. The minimum atomic E-state index is -3.56. The summed E-state index contributed by atoms with van der Waals surface area (Å²) in [7, 11) is -3.56. The van der Waals surface area contributed by atoms with Crippen molar-refractivity contribution in [3.05, 3.63) is 48.3 Å². The van der Waals surface area contributed by atoms with E-state index in [1.54, 1.807) is 30.6 Å². The second kappa shape index (κ2) is 8.44. The molecule has 0 atom stereocenters. The third-order valence-electron chi connectivity index (χ3n) is 6.14. The Morgan fingerprint density at radius 1 is 0.935 bits per heavy atom. The number of nitrogens with zero attached hydrogens (tertiary/aromatic N) is 5. The van der Waals surface area contributed by atoms with Gasteiger partial charge in [0.15, 0.2) is 0 Å². The number of benzene rings is 1. The number of hydrogen-bond donors (Lipinski definition) is 0. The van der Waals surface area contributed by atoms with Crippen LogP contribution in [0, 0.1) is 0 Å². The fourth-order valence-electron chi connectivity index (χ4n) is 4.55. The third-order valence-corrected chi connectivity index (χ3v) is 8.05. The van der Waals surface area contributed by atoms with E-state index in [4.69, 9.17) is 9.47 Å². The summed E-state index contributed by atoms with van der Waals surface area (Å²) in [5.74, 6) is -0.217. The summed E-state index contributed by atoms with van der Waals surface area (Å²) in [4.78, 5) is 13.5. The molecule has 0 aliphatic carbocycles. The van der Waals surface area contributed by atoms with E-state index in [2.05, 4.69) is 19.8 Å². The molecule has 1 aromatic carbocycles. The molecular weight excluding hydrogens is 418 g/mol. The zero-order valence-corrected chi connectivity index (χ0v) is 18.2. The predicted molar refractivity (Wildman–Crippen MR) is 114 cm³/mol. The smallest absolute Gasteiger partial charge is 0.243 e. The van der Waals surface area contributed by atoms with Gasteiger partial charge in [-0.15, -0.1) is 0 Å². The van der Waals surface area contributed by atoms with Crippen LogP contribution >= 0.6 is 0 Å². The summed E-state index contributed by atoms with van der Waals surface area (Å²) in [6.07, 6.45) is 4.27. The van der Waals surface area contributed by atoms with E-state index in [1.165, 1.54) is 4.31 Å². The van der Waals surface area contributed by atoms with Crippen molar-refractivity contribution in [2.24, 2.45) is 0 Å². The van der Waals surface area contributed by atoms with E-state index >= 15 is 0 Å². The molecule has 3 aliphatic heterocycles. The molecule has 0 N–H and O–H groups in total. The number of anilines is 1. The van der Waals surface area contributed by atoms with E-state index in [0.29, 0.717) is 30.2 Å². The van der Waals surface area contributed by atoms with Crippen molar-refractivity contribution < 1.29 is 17.9 Å². The first-order valence-electron chi connectivity index (χ1n) is 10.7. The molecule has 1 aromatic heterocycles. The Balaban J connectivity index is 1.20. The molecule has 4 heterocycles. The van der Waals surface area contributed by atoms with E-state index in [1.807, 2.05) is 12.1 Å². The van der Waals surface area contributed by atoms with Crippen LogP contribution in [-0.2, 0) is 25.3 Å². The molecule has 0 unspecified atom stereocenters.